The highest BCUT2D eigenvalue weighted by Crippen LogP contribution is 2.32. The Labute approximate surface area is 156 Å². The highest BCUT2D eigenvalue weighted by molar-refractivity contribution is 6.18. The average molecular weight is 368 g/mol. The van der Waals surface area contributed by atoms with E-state index in [1.807, 2.05) is 6.92 Å². The lowest BCUT2D eigenvalue weighted by Crippen LogP contribution is -2.33. The molecule has 0 N–H and O–H groups in total. The number of pyridine rings is 1. The zero-order valence-electron chi connectivity index (χ0n) is 15.2. The van der Waals surface area contributed by atoms with Crippen LogP contribution < -0.4 is 0 Å². The molecule has 8 nitrogen and oxygen atoms in total. The van der Waals surface area contributed by atoms with Crippen LogP contribution >= 0.6 is 0 Å². The minimum atomic E-state index is -1.47. The summed E-state index contributed by atoms with van der Waals surface area (Å²) in [5.74, 6) is -0.698. The summed E-state index contributed by atoms with van der Waals surface area (Å²) >= 11 is 0. The number of hydrogen-bond donors (Lipinski definition) is 0. The summed E-state index contributed by atoms with van der Waals surface area (Å²) in [6.45, 7) is 5.31. The summed E-state index contributed by atoms with van der Waals surface area (Å²) in [6.07, 6.45) is 4.44. The van der Waals surface area contributed by atoms with E-state index in [0.717, 1.165) is 19.1 Å². The molecule has 0 radical (unpaired) electrons. The number of amides is 1. The molecule has 1 aromatic heterocycles. The maximum Gasteiger partial charge on any atom is 0.309 e. The van der Waals surface area contributed by atoms with Crippen LogP contribution in [0, 0.1) is 10.1 Å². The minimum absolute atomic E-state index is 0.0916. The number of carbonyl (C=O) groups excluding carboxylic acids is 2. The fraction of sp³-hybridized carbons (Fsp3) is 0.368. The van der Waals surface area contributed by atoms with E-state index < -0.39 is 16.7 Å². The van der Waals surface area contributed by atoms with E-state index in [4.69, 9.17) is 0 Å². The summed E-state index contributed by atoms with van der Waals surface area (Å²) in [7, 11) is 0. The third kappa shape index (κ3) is 3.42. The maximum atomic E-state index is 12.7. The van der Waals surface area contributed by atoms with Crippen LogP contribution in [0.2, 0.25) is 0 Å². The van der Waals surface area contributed by atoms with Crippen LogP contribution in [0.5, 0.6) is 0 Å². The van der Waals surface area contributed by atoms with Gasteiger partial charge in [0, 0.05) is 29.6 Å². The molecule has 1 amide bonds. The number of unbranched alkanes of at least 4 members (excludes halogenated alkanes) is 1. The van der Waals surface area contributed by atoms with Crippen molar-refractivity contribution in [2.24, 2.45) is 4.99 Å². The van der Waals surface area contributed by atoms with Gasteiger partial charge in [-0.3, -0.25) is 29.7 Å². The van der Waals surface area contributed by atoms with Gasteiger partial charge in [-0.15, -0.1) is 0 Å². The molecule has 0 saturated heterocycles. The molecule has 1 aliphatic rings. The van der Waals surface area contributed by atoms with E-state index >= 15 is 0 Å². The molecule has 1 unspecified atom stereocenters. The van der Waals surface area contributed by atoms with Crippen LogP contribution in [-0.2, 0) is 0 Å². The zero-order valence-corrected chi connectivity index (χ0v) is 15.2. The van der Waals surface area contributed by atoms with Gasteiger partial charge >= 0.3 is 6.04 Å². The van der Waals surface area contributed by atoms with Crippen LogP contribution in [0.25, 0.3) is 10.9 Å². The third-order valence-corrected chi connectivity index (χ3v) is 4.63. The van der Waals surface area contributed by atoms with E-state index in [1.165, 1.54) is 12.3 Å². The van der Waals surface area contributed by atoms with Gasteiger partial charge in [0.1, 0.15) is 5.69 Å². The molecule has 2 aromatic rings. The molecule has 0 spiro atoms. The van der Waals surface area contributed by atoms with Gasteiger partial charge in [0.05, 0.1) is 22.9 Å². The second-order valence-corrected chi connectivity index (χ2v) is 6.37. The number of nitrogens with zero attached hydrogens (tertiary/aromatic N) is 4. The van der Waals surface area contributed by atoms with Crippen LogP contribution in [0.4, 0.5) is 5.69 Å². The number of hydrogen-bond acceptors (Lipinski definition) is 6. The van der Waals surface area contributed by atoms with E-state index in [2.05, 4.69) is 16.9 Å². The van der Waals surface area contributed by atoms with Crippen molar-refractivity contribution >= 4 is 34.5 Å². The lowest BCUT2D eigenvalue weighted by molar-refractivity contribution is -0.485. The third-order valence-electron chi connectivity index (χ3n) is 4.63. The predicted octanol–water partition coefficient (Wildman–Crippen LogP) is 3.04. The van der Waals surface area contributed by atoms with E-state index in [-0.39, 0.29) is 11.5 Å². The number of aliphatic imine (C=N–C) groups is 1. The van der Waals surface area contributed by atoms with Gasteiger partial charge in [0.2, 0.25) is 5.78 Å². The van der Waals surface area contributed by atoms with E-state index in [1.54, 1.807) is 17.0 Å². The molecule has 0 bridgehead atoms. The topological polar surface area (TPSA) is 106 Å². The van der Waals surface area contributed by atoms with Crippen molar-refractivity contribution in [3.05, 3.63) is 45.6 Å². The number of aromatic nitrogens is 1. The maximum absolute atomic E-state index is 12.7. The van der Waals surface area contributed by atoms with Gasteiger partial charge in [0.15, 0.2) is 0 Å². The summed E-state index contributed by atoms with van der Waals surface area (Å²) in [5, 5.41) is 11.6. The largest absolute Gasteiger partial charge is 0.339 e. The van der Waals surface area contributed by atoms with Crippen LogP contribution in [0.3, 0.4) is 0 Å². The van der Waals surface area contributed by atoms with Crippen molar-refractivity contribution in [3.63, 3.8) is 0 Å². The van der Waals surface area contributed by atoms with Crippen molar-refractivity contribution in [1.82, 2.24) is 9.88 Å². The van der Waals surface area contributed by atoms with Crippen LogP contribution in [0.1, 0.15) is 47.4 Å². The Morgan fingerprint density at radius 2 is 2.11 bits per heavy atom. The Morgan fingerprint density at radius 1 is 1.33 bits per heavy atom. The average Bonchev–Trinajstić information content (AvgIpc) is 2.67. The smallest absolute Gasteiger partial charge is 0.309 e. The van der Waals surface area contributed by atoms with Crippen molar-refractivity contribution in [1.29, 1.82) is 0 Å². The molecule has 140 valence electrons. The fourth-order valence-electron chi connectivity index (χ4n) is 3.09. The second kappa shape index (κ2) is 7.61. The van der Waals surface area contributed by atoms with Gasteiger partial charge in [-0.25, -0.2) is 0 Å². The Kier molecular flexibility index (Phi) is 5.25. The second-order valence-electron chi connectivity index (χ2n) is 6.37. The van der Waals surface area contributed by atoms with E-state index in [9.17, 15) is 19.7 Å². The monoisotopic (exact) mass is 368 g/mol. The zero-order chi connectivity index (χ0) is 19.6. The Hall–Kier alpha value is -3.16. The molecule has 0 fully saturated rings. The number of ketones is 1. The Bertz CT molecular complexity index is 954. The van der Waals surface area contributed by atoms with E-state index in [0.29, 0.717) is 35.2 Å². The summed E-state index contributed by atoms with van der Waals surface area (Å²) in [4.78, 5) is 45.5. The van der Waals surface area contributed by atoms with Gasteiger partial charge in [-0.2, -0.15) is 0 Å². The number of Topliss-reactive ketones (excluding diaryl/α,β-unsaturated/α-hetero) is 1. The molecule has 0 saturated carbocycles. The summed E-state index contributed by atoms with van der Waals surface area (Å²) < 4.78 is 0. The van der Waals surface area contributed by atoms with Crippen LogP contribution in [-0.4, -0.2) is 51.8 Å². The summed E-state index contributed by atoms with van der Waals surface area (Å²) in [6, 6.07) is 3.42. The lowest BCUT2D eigenvalue weighted by Gasteiger charge is -2.21. The number of carbonyl (C=O) groups is 2. The summed E-state index contributed by atoms with van der Waals surface area (Å²) in [5.41, 5.74) is 1.41. The van der Waals surface area contributed by atoms with Gasteiger partial charge in [-0.1, -0.05) is 19.4 Å². The highest BCUT2D eigenvalue weighted by atomic mass is 16.6. The molecule has 2 heterocycles. The Balaban J connectivity index is 1.98. The fourth-order valence-corrected chi connectivity index (χ4v) is 3.09. The quantitative estimate of drug-likeness (QED) is 0.575. The number of rotatable bonds is 6. The molecule has 1 atom stereocenters. The first-order valence-electron chi connectivity index (χ1n) is 8.91. The number of nitro groups is 1. The molecular formula is C19H20N4O4. The normalized spacial score (nSPS) is 15.6. The first kappa shape index (κ1) is 18.6. The van der Waals surface area contributed by atoms with Crippen molar-refractivity contribution < 1.29 is 14.5 Å². The molecule has 8 heteroatoms. The van der Waals surface area contributed by atoms with Crippen LogP contribution in [0.15, 0.2) is 29.4 Å². The lowest BCUT2D eigenvalue weighted by atomic mass is 9.98. The molecule has 1 aliphatic heterocycles. The van der Waals surface area contributed by atoms with Gasteiger partial charge < -0.3 is 4.90 Å². The standard InChI is InChI=1S/C19H20N4O4/c1-3-5-8-22(4-2)19(25)13-9-12-6-7-14-17(16(12)20-10-13)21-11-15(18(14)24)23(26)27/h6-7,9-11,15H,3-5,8H2,1-2H3. The molecule has 1 aromatic carbocycles. The first-order chi connectivity index (χ1) is 13.0. The molecule has 0 aliphatic carbocycles. The van der Waals surface area contributed by atoms with Crippen molar-refractivity contribution in [2.75, 3.05) is 13.1 Å². The first-order valence-corrected chi connectivity index (χ1v) is 8.91. The highest BCUT2D eigenvalue weighted by Gasteiger charge is 2.34. The molecular weight excluding hydrogens is 348 g/mol. The van der Waals surface area contributed by atoms with Gasteiger partial charge in [-0.05, 0) is 25.5 Å². The van der Waals surface area contributed by atoms with Crippen molar-refractivity contribution in [2.45, 2.75) is 32.7 Å². The predicted molar refractivity (Wildman–Crippen MR) is 101 cm³/mol. The minimum Gasteiger partial charge on any atom is -0.339 e. The van der Waals surface area contributed by atoms with Crippen molar-refractivity contribution in [3.8, 4) is 0 Å². The van der Waals surface area contributed by atoms with Gasteiger partial charge in [0.25, 0.3) is 5.91 Å². The molecule has 3 rings (SSSR count). The molecule has 27 heavy (non-hydrogen) atoms. The SMILES string of the molecule is CCCCN(CC)C(=O)c1cnc2c3c(ccc2c1)C(=O)C([N+](=O)[O-])C=N3. The Morgan fingerprint density at radius 3 is 2.78 bits per heavy atom. The number of benzene rings is 1. The number of fused-ring (bicyclic) bond motifs is 3.